The molecule has 82 valence electrons. The van der Waals surface area contributed by atoms with E-state index in [1.54, 1.807) is 0 Å². The maximum absolute atomic E-state index is 3.47. The molecule has 0 aromatic carbocycles. The molecule has 2 saturated heterocycles. The molecule has 0 spiro atoms. The quantitative estimate of drug-likeness (QED) is 0.705. The van der Waals surface area contributed by atoms with Gasteiger partial charge in [-0.05, 0) is 26.8 Å². The third-order valence-corrected chi connectivity index (χ3v) is 3.54. The van der Waals surface area contributed by atoms with E-state index in [1.165, 1.54) is 45.7 Å². The second-order valence-electron chi connectivity index (χ2n) is 4.87. The molecule has 0 aromatic rings. The van der Waals surface area contributed by atoms with Crippen LogP contribution in [0.4, 0.5) is 0 Å². The van der Waals surface area contributed by atoms with Crippen LogP contribution in [0, 0.1) is 0 Å². The van der Waals surface area contributed by atoms with Gasteiger partial charge in [0, 0.05) is 44.8 Å². The topological polar surface area (TPSA) is 18.5 Å². The van der Waals surface area contributed by atoms with Gasteiger partial charge in [-0.15, -0.1) is 0 Å². The van der Waals surface area contributed by atoms with Gasteiger partial charge in [-0.2, -0.15) is 0 Å². The number of hydrogen-bond donors (Lipinski definition) is 1. The first kappa shape index (κ1) is 10.4. The van der Waals surface area contributed by atoms with E-state index < -0.39 is 0 Å². The molecule has 2 aliphatic heterocycles. The van der Waals surface area contributed by atoms with Crippen molar-refractivity contribution in [3.05, 3.63) is 0 Å². The highest BCUT2D eigenvalue weighted by Gasteiger charge is 2.23. The summed E-state index contributed by atoms with van der Waals surface area (Å²) in [6, 6.07) is 1.51. The van der Waals surface area contributed by atoms with Crippen LogP contribution in [-0.2, 0) is 0 Å². The molecule has 3 nitrogen and oxygen atoms in total. The normalized spacial score (nSPS) is 30.6. The maximum Gasteiger partial charge on any atom is 0.0207 e. The fourth-order valence-corrected chi connectivity index (χ4v) is 2.28. The van der Waals surface area contributed by atoms with E-state index in [0.717, 1.165) is 12.1 Å². The van der Waals surface area contributed by atoms with Gasteiger partial charge < -0.3 is 5.32 Å². The SMILES string of the molecule is CC(C)N1CCN(CC2CCN2)CC1. The summed E-state index contributed by atoms with van der Waals surface area (Å²) in [6.07, 6.45) is 1.38. The van der Waals surface area contributed by atoms with Gasteiger partial charge in [0.15, 0.2) is 0 Å². The van der Waals surface area contributed by atoms with E-state index in [2.05, 4.69) is 29.0 Å². The van der Waals surface area contributed by atoms with E-state index in [4.69, 9.17) is 0 Å². The van der Waals surface area contributed by atoms with Crippen molar-refractivity contribution < 1.29 is 0 Å². The molecule has 1 unspecified atom stereocenters. The van der Waals surface area contributed by atoms with Crippen LogP contribution in [0.2, 0.25) is 0 Å². The van der Waals surface area contributed by atoms with Crippen LogP contribution in [0.3, 0.4) is 0 Å². The first-order valence-corrected chi connectivity index (χ1v) is 5.95. The van der Waals surface area contributed by atoms with Crippen LogP contribution < -0.4 is 5.32 Å². The monoisotopic (exact) mass is 197 g/mol. The Balaban J connectivity index is 1.67. The fourth-order valence-electron chi connectivity index (χ4n) is 2.28. The highest BCUT2D eigenvalue weighted by atomic mass is 15.3. The van der Waals surface area contributed by atoms with Crippen LogP contribution in [0.15, 0.2) is 0 Å². The molecule has 2 fully saturated rings. The van der Waals surface area contributed by atoms with Crippen molar-refractivity contribution in [2.75, 3.05) is 39.3 Å². The second kappa shape index (κ2) is 4.60. The molecular formula is C11H23N3. The van der Waals surface area contributed by atoms with E-state index >= 15 is 0 Å². The summed E-state index contributed by atoms with van der Waals surface area (Å²) in [7, 11) is 0. The van der Waals surface area contributed by atoms with Gasteiger partial charge in [-0.25, -0.2) is 0 Å². The van der Waals surface area contributed by atoms with Crippen molar-refractivity contribution in [2.24, 2.45) is 0 Å². The predicted octanol–water partition coefficient (Wildman–Crippen LogP) is 0.374. The zero-order valence-corrected chi connectivity index (χ0v) is 9.50. The highest BCUT2D eigenvalue weighted by Crippen LogP contribution is 2.09. The van der Waals surface area contributed by atoms with Crippen LogP contribution >= 0.6 is 0 Å². The van der Waals surface area contributed by atoms with Gasteiger partial charge in [0.2, 0.25) is 0 Å². The van der Waals surface area contributed by atoms with E-state index in [0.29, 0.717) is 0 Å². The van der Waals surface area contributed by atoms with Gasteiger partial charge in [0.1, 0.15) is 0 Å². The fraction of sp³-hybridized carbons (Fsp3) is 1.00. The largest absolute Gasteiger partial charge is 0.313 e. The Bertz CT molecular complexity index is 169. The number of hydrogen-bond acceptors (Lipinski definition) is 3. The summed E-state index contributed by atoms with van der Waals surface area (Å²) in [5.41, 5.74) is 0. The van der Waals surface area contributed by atoms with Gasteiger partial charge in [-0.1, -0.05) is 0 Å². The smallest absolute Gasteiger partial charge is 0.0207 e. The lowest BCUT2D eigenvalue weighted by atomic mass is 10.1. The molecule has 0 radical (unpaired) electrons. The minimum absolute atomic E-state index is 0.721. The molecule has 2 heterocycles. The molecule has 2 aliphatic rings. The Morgan fingerprint density at radius 2 is 1.86 bits per heavy atom. The number of nitrogens with zero attached hydrogens (tertiary/aromatic N) is 2. The average molecular weight is 197 g/mol. The lowest BCUT2D eigenvalue weighted by Gasteiger charge is -2.40. The summed E-state index contributed by atoms with van der Waals surface area (Å²) >= 11 is 0. The molecule has 1 N–H and O–H groups in total. The molecule has 3 heteroatoms. The second-order valence-corrected chi connectivity index (χ2v) is 4.87. The third kappa shape index (κ3) is 2.47. The van der Waals surface area contributed by atoms with E-state index in [-0.39, 0.29) is 0 Å². The Morgan fingerprint density at radius 3 is 2.29 bits per heavy atom. The molecule has 2 rings (SSSR count). The minimum atomic E-state index is 0.721. The first-order chi connectivity index (χ1) is 6.75. The number of nitrogens with one attached hydrogen (secondary N) is 1. The van der Waals surface area contributed by atoms with Crippen molar-refractivity contribution in [2.45, 2.75) is 32.4 Å². The van der Waals surface area contributed by atoms with Crippen LogP contribution in [0.1, 0.15) is 20.3 Å². The van der Waals surface area contributed by atoms with Gasteiger partial charge in [0.25, 0.3) is 0 Å². The lowest BCUT2D eigenvalue weighted by molar-refractivity contribution is 0.0938. The Labute approximate surface area is 87.4 Å². The average Bonchev–Trinajstić information content (AvgIpc) is 2.12. The molecule has 14 heavy (non-hydrogen) atoms. The van der Waals surface area contributed by atoms with Gasteiger partial charge in [-0.3, -0.25) is 9.80 Å². The number of piperazine rings is 1. The zero-order valence-electron chi connectivity index (χ0n) is 9.50. The molecule has 0 amide bonds. The minimum Gasteiger partial charge on any atom is -0.313 e. The summed E-state index contributed by atoms with van der Waals surface area (Å²) in [4.78, 5) is 5.18. The Kier molecular flexibility index (Phi) is 3.42. The summed E-state index contributed by atoms with van der Waals surface area (Å²) < 4.78 is 0. The zero-order chi connectivity index (χ0) is 9.97. The highest BCUT2D eigenvalue weighted by molar-refractivity contribution is 4.83. The summed E-state index contributed by atoms with van der Waals surface area (Å²) in [5, 5.41) is 3.47. The Morgan fingerprint density at radius 1 is 1.21 bits per heavy atom. The lowest BCUT2D eigenvalue weighted by Crippen LogP contribution is -2.55. The number of rotatable bonds is 3. The van der Waals surface area contributed by atoms with Crippen molar-refractivity contribution in [1.29, 1.82) is 0 Å². The van der Waals surface area contributed by atoms with Gasteiger partial charge in [0.05, 0.1) is 0 Å². The standard InChI is InChI=1S/C11H23N3/c1-10(2)14-7-5-13(6-8-14)9-11-3-4-12-11/h10-12H,3-9H2,1-2H3. The van der Waals surface area contributed by atoms with Crippen molar-refractivity contribution in [3.63, 3.8) is 0 Å². The van der Waals surface area contributed by atoms with Crippen LogP contribution in [0.25, 0.3) is 0 Å². The molecular weight excluding hydrogens is 174 g/mol. The van der Waals surface area contributed by atoms with E-state index in [1.807, 2.05) is 0 Å². The maximum atomic E-state index is 3.47. The molecule has 1 atom stereocenters. The first-order valence-electron chi connectivity index (χ1n) is 5.95. The van der Waals surface area contributed by atoms with Crippen LogP contribution in [-0.4, -0.2) is 61.2 Å². The van der Waals surface area contributed by atoms with Gasteiger partial charge >= 0.3 is 0 Å². The summed E-state index contributed by atoms with van der Waals surface area (Å²) in [5.74, 6) is 0. The molecule has 0 aliphatic carbocycles. The van der Waals surface area contributed by atoms with E-state index in [9.17, 15) is 0 Å². The third-order valence-electron chi connectivity index (χ3n) is 3.54. The van der Waals surface area contributed by atoms with Crippen LogP contribution in [0.5, 0.6) is 0 Å². The predicted molar refractivity (Wildman–Crippen MR) is 59.6 cm³/mol. The molecule has 0 saturated carbocycles. The molecule has 0 bridgehead atoms. The van der Waals surface area contributed by atoms with Crippen molar-refractivity contribution in [3.8, 4) is 0 Å². The van der Waals surface area contributed by atoms with Crippen molar-refractivity contribution >= 4 is 0 Å². The van der Waals surface area contributed by atoms with Crippen molar-refractivity contribution in [1.82, 2.24) is 15.1 Å². The summed E-state index contributed by atoms with van der Waals surface area (Å²) in [6.45, 7) is 12.1. The Hall–Kier alpha value is -0.120. The molecule has 0 aromatic heterocycles.